The van der Waals surface area contributed by atoms with Gasteiger partial charge in [0, 0.05) is 19.7 Å². The van der Waals surface area contributed by atoms with Crippen LogP contribution in [0.1, 0.15) is 26.5 Å². The van der Waals surface area contributed by atoms with Crippen LogP contribution < -0.4 is 5.32 Å². The third-order valence-corrected chi connectivity index (χ3v) is 2.90. The van der Waals surface area contributed by atoms with E-state index in [0.717, 1.165) is 0 Å². The zero-order valence-electron chi connectivity index (χ0n) is 10.4. The van der Waals surface area contributed by atoms with Crippen molar-refractivity contribution in [2.75, 3.05) is 13.7 Å². The molecule has 0 aromatic carbocycles. The van der Waals surface area contributed by atoms with E-state index >= 15 is 0 Å². The Balaban J connectivity index is 2.48. The van der Waals surface area contributed by atoms with Crippen molar-refractivity contribution >= 4 is 0 Å². The third-order valence-electron chi connectivity index (χ3n) is 2.90. The van der Waals surface area contributed by atoms with Gasteiger partial charge in [-0.2, -0.15) is 0 Å². The Morgan fingerprint density at radius 1 is 1.56 bits per heavy atom. The molecule has 0 spiro atoms. The molecule has 1 heterocycles. The fourth-order valence-electron chi connectivity index (χ4n) is 1.40. The van der Waals surface area contributed by atoms with Gasteiger partial charge in [0.05, 0.1) is 12.4 Å². The highest BCUT2D eigenvalue weighted by molar-refractivity contribution is 5.08. The molecule has 3 atom stereocenters. The van der Waals surface area contributed by atoms with E-state index in [-0.39, 0.29) is 12.1 Å². The monoisotopic (exact) mass is 227 g/mol. The Morgan fingerprint density at radius 2 is 2.25 bits per heavy atom. The summed E-state index contributed by atoms with van der Waals surface area (Å²) in [4.78, 5) is 0. The summed E-state index contributed by atoms with van der Waals surface area (Å²) >= 11 is 0. The minimum atomic E-state index is -0.995. The van der Waals surface area contributed by atoms with E-state index in [1.165, 1.54) is 0 Å². The Kier molecular flexibility index (Phi) is 4.53. The van der Waals surface area contributed by atoms with Gasteiger partial charge in [0.25, 0.3) is 0 Å². The average molecular weight is 227 g/mol. The van der Waals surface area contributed by atoms with Crippen molar-refractivity contribution in [3.05, 3.63) is 24.2 Å². The molecule has 0 aliphatic rings. The third kappa shape index (κ3) is 3.33. The number of hydrogen-bond acceptors (Lipinski definition) is 4. The molecule has 1 rings (SSSR count). The first-order valence-electron chi connectivity index (χ1n) is 5.50. The average Bonchev–Trinajstić information content (AvgIpc) is 2.78. The van der Waals surface area contributed by atoms with E-state index in [1.54, 1.807) is 32.4 Å². The van der Waals surface area contributed by atoms with Crippen LogP contribution in [-0.4, -0.2) is 30.9 Å². The van der Waals surface area contributed by atoms with E-state index in [1.807, 2.05) is 13.8 Å². The van der Waals surface area contributed by atoms with E-state index in [2.05, 4.69) is 5.32 Å². The van der Waals surface area contributed by atoms with Crippen LogP contribution in [0.15, 0.2) is 22.8 Å². The van der Waals surface area contributed by atoms with E-state index < -0.39 is 5.60 Å². The first-order chi connectivity index (χ1) is 7.47. The lowest BCUT2D eigenvalue weighted by Crippen LogP contribution is -2.44. The van der Waals surface area contributed by atoms with Gasteiger partial charge in [0.15, 0.2) is 0 Å². The van der Waals surface area contributed by atoms with Crippen LogP contribution in [0.2, 0.25) is 0 Å². The van der Waals surface area contributed by atoms with Crippen molar-refractivity contribution in [1.82, 2.24) is 5.32 Å². The second-order valence-corrected chi connectivity index (χ2v) is 4.36. The van der Waals surface area contributed by atoms with Gasteiger partial charge in [-0.1, -0.05) is 0 Å². The van der Waals surface area contributed by atoms with Crippen molar-refractivity contribution in [3.8, 4) is 0 Å². The fraction of sp³-hybridized carbons (Fsp3) is 0.667. The van der Waals surface area contributed by atoms with Gasteiger partial charge >= 0.3 is 0 Å². The largest absolute Gasteiger partial charge is 0.466 e. The van der Waals surface area contributed by atoms with Gasteiger partial charge < -0.3 is 19.6 Å². The van der Waals surface area contributed by atoms with Crippen LogP contribution >= 0.6 is 0 Å². The summed E-state index contributed by atoms with van der Waals surface area (Å²) in [6.45, 7) is 6.16. The number of furan rings is 1. The van der Waals surface area contributed by atoms with Gasteiger partial charge in [-0.25, -0.2) is 0 Å². The molecule has 0 saturated carbocycles. The number of ether oxygens (including phenoxy) is 1. The lowest BCUT2D eigenvalue weighted by Gasteiger charge is -2.26. The topological polar surface area (TPSA) is 54.6 Å². The molecule has 0 aliphatic carbocycles. The normalized spacial score (nSPS) is 19.1. The zero-order chi connectivity index (χ0) is 12.2. The summed E-state index contributed by atoms with van der Waals surface area (Å²) in [6, 6.07) is 3.71. The van der Waals surface area contributed by atoms with Crippen molar-refractivity contribution < 1.29 is 14.3 Å². The molecule has 4 nitrogen and oxygen atoms in total. The van der Waals surface area contributed by atoms with Crippen LogP contribution in [0.25, 0.3) is 0 Å². The van der Waals surface area contributed by atoms with Crippen LogP contribution in [0, 0.1) is 0 Å². The first kappa shape index (κ1) is 13.2. The summed E-state index contributed by atoms with van der Waals surface area (Å²) in [5.74, 6) is 0.567. The van der Waals surface area contributed by atoms with Crippen molar-refractivity contribution in [3.63, 3.8) is 0 Å². The minimum absolute atomic E-state index is 0.104. The van der Waals surface area contributed by atoms with Crippen molar-refractivity contribution in [1.29, 1.82) is 0 Å². The first-order valence-corrected chi connectivity index (χ1v) is 5.50. The molecule has 0 aliphatic heterocycles. The SMILES string of the molecule is COC(C)C(C)NCC(C)(O)c1ccco1. The summed E-state index contributed by atoms with van der Waals surface area (Å²) in [5, 5.41) is 13.4. The summed E-state index contributed by atoms with van der Waals surface area (Å²) < 4.78 is 10.4. The number of nitrogens with one attached hydrogen (secondary N) is 1. The Bertz CT molecular complexity index is 295. The molecular weight excluding hydrogens is 206 g/mol. The van der Waals surface area contributed by atoms with Crippen LogP contribution in [0.5, 0.6) is 0 Å². The Labute approximate surface area is 96.6 Å². The highest BCUT2D eigenvalue weighted by atomic mass is 16.5. The Hall–Kier alpha value is -0.840. The summed E-state index contributed by atoms with van der Waals surface area (Å²) in [7, 11) is 1.67. The predicted octanol–water partition coefficient (Wildman–Crippen LogP) is 1.50. The van der Waals surface area contributed by atoms with Crippen LogP contribution in [-0.2, 0) is 10.3 Å². The molecule has 0 saturated heterocycles. The second-order valence-electron chi connectivity index (χ2n) is 4.36. The standard InChI is InChI=1S/C12H21NO3/c1-9(10(2)15-4)13-8-12(3,14)11-6-5-7-16-11/h5-7,9-10,13-14H,8H2,1-4H3. The van der Waals surface area contributed by atoms with E-state index in [0.29, 0.717) is 12.3 Å². The molecule has 0 radical (unpaired) electrons. The fourth-order valence-corrected chi connectivity index (χ4v) is 1.40. The molecule has 16 heavy (non-hydrogen) atoms. The molecule has 0 amide bonds. The molecule has 0 bridgehead atoms. The van der Waals surface area contributed by atoms with E-state index in [9.17, 15) is 5.11 Å². The Morgan fingerprint density at radius 3 is 2.75 bits per heavy atom. The highest BCUT2D eigenvalue weighted by Gasteiger charge is 2.27. The molecule has 1 aromatic heterocycles. The molecule has 4 heteroatoms. The predicted molar refractivity (Wildman–Crippen MR) is 62.2 cm³/mol. The molecule has 2 N–H and O–H groups in total. The second kappa shape index (κ2) is 5.48. The molecule has 3 unspecified atom stereocenters. The number of aliphatic hydroxyl groups is 1. The molecular formula is C12H21NO3. The molecule has 92 valence electrons. The zero-order valence-corrected chi connectivity index (χ0v) is 10.4. The maximum atomic E-state index is 10.2. The molecule has 0 fully saturated rings. The van der Waals surface area contributed by atoms with Gasteiger partial charge in [-0.15, -0.1) is 0 Å². The van der Waals surface area contributed by atoms with Gasteiger partial charge in [0.2, 0.25) is 0 Å². The maximum Gasteiger partial charge on any atom is 0.136 e. The maximum absolute atomic E-state index is 10.2. The summed E-state index contributed by atoms with van der Waals surface area (Å²) in [6.07, 6.45) is 1.66. The lowest BCUT2D eigenvalue weighted by molar-refractivity contribution is 0.0215. The number of methoxy groups -OCH3 is 1. The van der Waals surface area contributed by atoms with Crippen molar-refractivity contribution in [2.45, 2.75) is 38.5 Å². The van der Waals surface area contributed by atoms with Gasteiger partial charge in [0.1, 0.15) is 11.4 Å². The smallest absolute Gasteiger partial charge is 0.136 e. The minimum Gasteiger partial charge on any atom is -0.466 e. The van der Waals surface area contributed by atoms with Gasteiger partial charge in [-0.05, 0) is 32.9 Å². The number of hydrogen-bond donors (Lipinski definition) is 2. The molecule has 1 aromatic rings. The summed E-state index contributed by atoms with van der Waals surface area (Å²) in [5.41, 5.74) is -0.995. The lowest BCUT2D eigenvalue weighted by atomic mass is 10.0. The van der Waals surface area contributed by atoms with Crippen LogP contribution in [0.3, 0.4) is 0 Å². The van der Waals surface area contributed by atoms with Gasteiger partial charge in [-0.3, -0.25) is 0 Å². The quantitative estimate of drug-likeness (QED) is 0.773. The van der Waals surface area contributed by atoms with E-state index in [4.69, 9.17) is 9.15 Å². The number of rotatable bonds is 6. The van der Waals surface area contributed by atoms with Crippen molar-refractivity contribution in [2.24, 2.45) is 0 Å². The van der Waals surface area contributed by atoms with Crippen LogP contribution in [0.4, 0.5) is 0 Å². The highest BCUT2D eigenvalue weighted by Crippen LogP contribution is 2.20.